The molecule has 4 aromatic heterocycles. The Bertz CT molecular complexity index is 2030. The number of aromatic nitrogens is 7. The maximum Gasteiger partial charge on any atom is 0.386 e. The number of alkyl halides is 1. The van der Waals surface area contributed by atoms with Gasteiger partial charge < -0.3 is 35.1 Å². The number of ether oxygens (including phenoxy) is 3. The van der Waals surface area contributed by atoms with Crippen LogP contribution in [0.2, 0.25) is 0 Å². The van der Waals surface area contributed by atoms with Crippen molar-refractivity contribution in [3.8, 4) is 0 Å². The van der Waals surface area contributed by atoms with Crippen LogP contribution in [0.3, 0.4) is 0 Å². The van der Waals surface area contributed by atoms with E-state index in [0.717, 1.165) is 6.33 Å². The Labute approximate surface area is 266 Å². The van der Waals surface area contributed by atoms with Gasteiger partial charge in [-0.2, -0.15) is 4.98 Å². The third-order valence-electron chi connectivity index (χ3n) is 8.10. The Kier molecular flexibility index (Phi) is 7.15. The van der Waals surface area contributed by atoms with Gasteiger partial charge in [-0.05, 0) is 17.9 Å². The van der Waals surface area contributed by atoms with Gasteiger partial charge in [0.1, 0.15) is 35.5 Å². The molecule has 4 aromatic rings. The summed E-state index contributed by atoms with van der Waals surface area (Å²) in [5, 5.41) is 0. The van der Waals surface area contributed by atoms with Crippen molar-refractivity contribution >= 4 is 71.5 Å². The van der Waals surface area contributed by atoms with Gasteiger partial charge in [-0.25, -0.2) is 23.9 Å². The molecule has 4 aliphatic rings. The standard InChI is InChI=1S/C22H24FN9O10P2S2/c23-10-9-3-37-43(34,45)42-15-14-20(31-6-27-11-8(24)1-2-26-16(11)31)40-22(15,4-36-14)5-38-44(35,46)41-13(10)19(39-9)32-7-28-12-17(32)29-21(25)30-18(12)33/h1-2,6-7,9-10,13-15,19-20H,3-5H2,(H2,24,26)(H,34,45)(H,35,46)(H3,25,29,30,33)/t9-,10-,13?,14-,15?,19-,20-,22-,43?,44?/m1/s1. The molecule has 46 heavy (non-hydrogen) atoms. The predicted molar refractivity (Wildman–Crippen MR) is 161 cm³/mol. The Balaban J connectivity index is 1.14. The molecule has 4 fully saturated rings. The van der Waals surface area contributed by atoms with Gasteiger partial charge in [0.2, 0.25) is 5.95 Å². The number of H-pyrrole nitrogens is 1. The minimum Gasteiger partial charge on any atom is -0.397 e. The van der Waals surface area contributed by atoms with E-state index < -0.39 is 80.9 Å². The summed E-state index contributed by atoms with van der Waals surface area (Å²) in [5.41, 5.74) is 10.6. The number of rotatable bonds is 2. The number of nitrogen functional groups attached to an aromatic ring is 2. The number of hydrogen-bond acceptors (Lipinski definition) is 16. The molecular formula is C22H24FN9O10P2S2. The maximum atomic E-state index is 16.0. The molecule has 10 atom stereocenters. The van der Waals surface area contributed by atoms with Crippen LogP contribution in [0.1, 0.15) is 12.5 Å². The van der Waals surface area contributed by atoms with E-state index in [2.05, 4.69) is 37.2 Å². The molecule has 4 aliphatic heterocycles. The lowest BCUT2D eigenvalue weighted by Crippen LogP contribution is -2.45. The Morgan fingerprint density at radius 3 is 2.65 bits per heavy atom. The zero-order valence-corrected chi connectivity index (χ0v) is 26.6. The number of pyridine rings is 1. The summed E-state index contributed by atoms with van der Waals surface area (Å²) in [5.74, 6) is -0.237. The highest BCUT2D eigenvalue weighted by molar-refractivity contribution is 8.44. The molecule has 0 aliphatic carbocycles. The van der Waals surface area contributed by atoms with Gasteiger partial charge in [0.25, 0.3) is 5.56 Å². The van der Waals surface area contributed by atoms with Gasteiger partial charge in [0.05, 0.1) is 38.2 Å². The van der Waals surface area contributed by atoms with Gasteiger partial charge in [0.15, 0.2) is 35.4 Å². The van der Waals surface area contributed by atoms with E-state index in [9.17, 15) is 14.3 Å². The van der Waals surface area contributed by atoms with Gasteiger partial charge >= 0.3 is 13.5 Å². The lowest BCUT2D eigenvalue weighted by molar-refractivity contribution is -0.182. The number of hydrogen-bond donors (Lipinski definition) is 5. The second-order valence-electron chi connectivity index (χ2n) is 11.0. The molecule has 0 saturated carbocycles. The Hall–Kier alpha value is -2.59. The first-order valence-electron chi connectivity index (χ1n) is 13.5. The molecule has 24 heteroatoms. The van der Waals surface area contributed by atoms with Crippen molar-refractivity contribution in [2.45, 2.75) is 48.6 Å². The van der Waals surface area contributed by atoms with Gasteiger partial charge in [-0.3, -0.25) is 32.5 Å². The van der Waals surface area contributed by atoms with Gasteiger partial charge in [-0.1, -0.05) is 12.2 Å². The highest BCUT2D eigenvalue weighted by atomic mass is 32.7. The first kappa shape index (κ1) is 30.7. The second-order valence-corrected chi connectivity index (χ2v) is 16.6. The van der Waals surface area contributed by atoms with E-state index in [1.807, 2.05) is 0 Å². The highest BCUT2D eigenvalue weighted by Gasteiger charge is 2.65. The van der Waals surface area contributed by atoms with Crippen molar-refractivity contribution in [3.63, 3.8) is 0 Å². The molecule has 0 aromatic carbocycles. The molecule has 0 amide bonds. The lowest BCUT2D eigenvalue weighted by Gasteiger charge is -2.33. The topological polar surface area (TPSA) is 248 Å². The fourth-order valence-electron chi connectivity index (χ4n) is 6.03. The van der Waals surface area contributed by atoms with Crippen LogP contribution in [-0.2, 0) is 48.7 Å². The summed E-state index contributed by atoms with van der Waals surface area (Å²) in [6.45, 7) is -9.87. The quantitative estimate of drug-likeness (QED) is 0.141. The van der Waals surface area contributed by atoms with E-state index in [1.165, 1.54) is 17.1 Å². The van der Waals surface area contributed by atoms with E-state index in [4.69, 9.17) is 55.6 Å². The molecule has 8 rings (SSSR count). The van der Waals surface area contributed by atoms with Crippen molar-refractivity contribution in [1.29, 1.82) is 0 Å². The van der Waals surface area contributed by atoms with Crippen LogP contribution in [0, 0.1) is 0 Å². The average molecular weight is 720 g/mol. The van der Waals surface area contributed by atoms with Crippen molar-refractivity contribution in [3.05, 3.63) is 35.3 Å². The smallest absolute Gasteiger partial charge is 0.386 e. The van der Waals surface area contributed by atoms with Crippen LogP contribution in [0.15, 0.2) is 29.7 Å². The minimum absolute atomic E-state index is 0.0650. The number of fused-ring (bicyclic) bond motifs is 4. The number of thiol groups is 1. The number of halogens is 1. The van der Waals surface area contributed by atoms with Crippen LogP contribution in [0.5, 0.6) is 0 Å². The SMILES string of the molecule is Nc1nc2c(ncn2[C@@H]2O[C@@H]3COP(O)(=S)OC4[C@H]5OC[C@]4(COP(=O)(S)OC2[C@@H]3F)O[C@H]5n2cnc3c(N)ccnc32)c(=O)[nH]1. The minimum atomic E-state index is -4.43. The molecule has 4 unspecified atom stereocenters. The Morgan fingerprint density at radius 2 is 1.85 bits per heavy atom. The number of nitrogens with one attached hydrogen (secondary N) is 1. The molecular weight excluding hydrogens is 695 g/mol. The summed E-state index contributed by atoms with van der Waals surface area (Å²) in [6.07, 6.45) is -5.40. The third kappa shape index (κ3) is 4.91. The maximum absolute atomic E-state index is 16.0. The van der Waals surface area contributed by atoms with E-state index in [-0.39, 0.29) is 23.7 Å². The fourth-order valence-corrected chi connectivity index (χ4v) is 8.95. The van der Waals surface area contributed by atoms with Crippen molar-refractivity contribution in [1.82, 2.24) is 34.1 Å². The number of nitrogens with two attached hydrogens (primary N) is 2. The fraction of sp³-hybridized carbons (Fsp3) is 0.500. The normalized spacial score (nSPS) is 39.7. The van der Waals surface area contributed by atoms with Crippen molar-refractivity contribution in [2.24, 2.45) is 0 Å². The summed E-state index contributed by atoms with van der Waals surface area (Å²) in [6, 6.07) is 1.59. The highest BCUT2D eigenvalue weighted by Crippen LogP contribution is 2.61. The molecule has 0 spiro atoms. The van der Waals surface area contributed by atoms with Gasteiger partial charge in [0, 0.05) is 6.20 Å². The predicted octanol–water partition coefficient (Wildman–Crippen LogP) is 0.703. The van der Waals surface area contributed by atoms with Crippen LogP contribution in [0.25, 0.3) is 22.3 Å². The first-order chi connectivity index (χ1) is 21.8. The third-order valence-corrected chi connectivity index (χ3v) is 11.2. The van der Waals surface area contributed by atoms with Crippen LogP contribution in [0.4, 0.5) is 16.0 Å². The summed E-state index contributed by atoms with van der Waals surface area (Å²) >= 11 is 9.43. The molecule has 4 saturated heterocycles. The molecule has 246 valence electrons. The van der Waals surface area contributed by atoms with E-state index >= 15 is 4.39 Å². The summed E-state index contributed by atoms with van der Waals surface area (Å²) in [7, 11) is 0. The number of anilines is 2. The monoisotopic (exact) mass is 719 g/mol. The van der Waals surface area contributed by atoms with Crippen molar-refractivity contribution in [2.75, 3.05) is 31.3 Å². The average Bonchev–Trinajstić information content (AvgIpc) is 3.80. The number of imidazole rings is 2. The summed E-state index contributed by atoms with van der Waals surface area (Å²) < 4.78 is 73.6. The largest absolute Gasteiger partial charge is 0.397 e. The van der Waals surface area contributed by atoms with E-state index in [1.54, 1.807) is 10.6 Å². The van der Waals surface area contributed by atoms with Gasteiger partial charge in [-0.15, -0.1) is 0 Å². The number of aromatic amines is 1. The second kappa shape index (κ2) is 10.7. The molecule has 19 nitrogen and oxygen atoms in total. The molecule has 4 bridgehead atoms. The lowest BCUT2D eigenvalue weighted by atomic mass is 10.0. The number of nitrogens with zero attached hydrogens (tertiary/aromatic N) is 6. The molecule has 8 heterocycles. The van der Waals surface area contributed by atoms with E-state index in [0.29, 0.717) is 16.9 Å². The van der Waals surface area contributed by atoms with Crippen LogP contribution >= 0.6 is 25.8 Å². The zero-order chi connectivity index (χ0) is 32.2. The Morgan fingerprint density at radius 1 is 1.09 bits per heavy atom. The zero-order valence-electron chi connectivity index (χ0n) is 23.1. The van der Waals surface area contributed by atoms with Crippen LogP contribution < -0.4 is 17.0 Å². The first-order valence-corrected chi connectivity index (χ1v) is 18.8. The van der Waals surface area contributed by atoms with Crippen LogP contribution in [-0.4, -0.2) is 95.0 Å². The molecule has 0 radical (unpaired) electrons. The molecule has 6 N–H and O–H groups in total. The van der Waals surface area contributed by atoms with Crippen molar-refractivity contribution < 1.29 is 46.2 Å². The summed E-state index contributed by atoms with van der Waals surface area (Å²) in [4.78, 5) is 42.6.